The Morgan fingerprint density at radius 2 is 2.03 bits per heavy atom. The maximum atomic E-state index is 13.1. The summed E-state index contributed by atoms with van der Waals surface area (Å²) in [5, 5.41) is 14.8. The summed E-state index contributed by atoms with van der Waals surface area (Å²) in [6.07, 6.45) is 4.45. The lowest BCUT2D eigenvalue weighted by Crippen LogP contribution is -2.14. The Kier molecular flexibility index (Phi) is 6.17. The summed E-state index contributed by atoms with van der Waals surface area (Å²) in [5.74, 6) is 2.19. The largest absolute Gasteiger partial charge is 0.486 e. The lowest BCUT2D eigenvalue weighted by Gasteiger charge is -2.12. The number of aromatic nitrogens is 4. The van der Waals surface area contributed by atoms with Gasteiger partial charge in [0.25, 0.3) is 5.91 Å². The molecule has 1 aliphatic rings. The average Bonchev–Trinajstić information content (AvgIpc) is 3.36. The number of nitrogens with one attached hydrogen (secondary N) is 1. The van der Waals surface area contributed by atoms with Crippen LogP contribution in [-0.4, -0.2) is 25.7 Å². The van der Waals surface area contributed by atoms with Crippen LogP contribution in [0.4, 0.5) is 5.69 Å². The fraction of sp³-hybridized carbons (Fsp3) is 0.280. The van der Waals surface area contributed by atoms with E-state index < -0.39 is 0 Å². The topological polar surface area (TPSA) is 81.9 Å². The van der Waals surface area contributed by atoms with Crippen LogP contribution in [0.3, 0.4) is 0 Å². The number of hydrogen-bond donors (Lipinski definition) is 1. The van der Waals surface area contributed by atoms with E-state index in [1.165, 1.54) is 6.42 Å². The highest BCUT2D eigenvalue weighted by Gasteiger charge is 2.17. The molecule has 0 spiro atoms. The highest BCUT2D eigenvalue weighted by molar-refractivity contribution is 7.09. The first-order valence-electron chi connectivity index (χ1n) is 11.1. The number of amides is 1. The summed E-state index contributed by atoms with van der Waals surface area (Å²) >= 11 is 1.58. The fourth-order valence-electron chi connectivity index (χ4n) is 4.04. The van der Waals surface area contributed by atoms with Gasteiger partial charge in [0.15, 0.2) is 5.82 Å². The lowest BCUT2D eigenvalue weighted by molar-refractivity contribution is 0.102. The Hall–Kier alpha value is -3.52. The number of thiazole rings is 1. The van der Waals surface area contributed by atoms with Gasteiger partial charge in [-0.25, -0.2) is 4.98 Å². The Labute approximate surface area is 196 Å². The van der Waals surface area contributed by atoms with Crippen molar-refractivity contribution >= 4 is 22.9 Å². The SMILES string of the molecule is Cc1nc(COc2ccccc2C(=O)Nc2cccc(-c3nnc4n3CCCCC4)c2)cs1. The monoisotopic (exact) mass is 459 g/mol. The van der Waals surface area contributed by atoms with Crippen molar-refractivity contribution < 1.29 is 9.53 Å². The van der Waals surface area contributed by atoms with Gasteiger partial charge < -0.3 is 14.6 Å². The van der Waals surface area contributed by atoms with Crippen LogP contribution in [0.15, 0.2) is 53.9 Å². The Morgan fingerprint density at radius 1 is 1.12 bits per heavy atom. The first-order valence-corrected chi connectivity index (χ1v) is 12.0. The van der Waals surface area contributed by atoms with Crippen molar-refractivity contribution in [3.05, 3.63) is 76.0 Å². The number of para-hydroxylation sites is 1. The second-order valence-corrected chi connectivity index (χ2v) is 9.14. The molecular formula is C25H25N5O2S. The number of benzene rings is 2. The van der Waals surface area contributed by atoms with Gasteiger partial charge in [0, 0.05) is 29.6 Å². The normalized spacial score (nSPS) is 13.2. The van der Waals surface area contributed by atoms with Gasteiger partial charge >= 0.3 is 0 Å². The first-order chi connectivity index (χ1) is 16.2. The van der Waals surface area contributed by atoms with Crippen molar-refractivity contribution in [1.82, 2.24) is 19.7 Å². The zero-order valence-electron chi connectivity index (χ0n) is 18.5. The van der Waals surface area contributed by atoms with E-state index in [0.29, 0.717) is 23.6 Å². The molecule has 3 heterocycles. The molecule has 0 atom stereocenters. The summed E-state index contributed by atoms with van der Waals surface area (Å²) in [4.78, 5) is 17.5. The molecule has 0 unspecified atom stereocenters. The maximum absolute atomic E-state index is 13.1. The number of nitrogens with zero attached hydrogens (tertiary/aromatic N) is 4. The second-order valence-electron chi connectivity index (χ2n) is 8.08. The minimum absolute atomic E-state index is 0.225. The second kappa shape index (κ2) is 9.54. The van der Waals surface area contributed by atoms with E-state index in [-0.39, 0.29) is 5.91 Å². The molecule has 0 saturated carbocycles. The van der Waals surface area contributed by atoms with Gasteiger partial charge in [-0.2, -0.15) is 0 Å². The van der Waals surface area contributed by atoms with E-state index in [1.54, 1.807) is 23.5 Å². The van der Waals surface area contributed by atoms with E-state index >= 15 is 0 Å². The maximum Gasteiger partial charge on any atom is 0.259 e. The van der Waals surface area contributed by atoms with Crippen LogP contribution in [0, 0.1) is 6.92 Å². The van der Waals surface area contributed by atoms with Crippen LogP contribution in [0.2, 0.25) is 0 Å². The number of hydrogen-bond acceptors (Lipinski definition) is 6. The zero-order valence-corrected chi connectivity index (χ0v) is 19.3. The number of fused-ring (bicyclic) bond motifs is 1. The third kappa shape index (κ3) is 4.80. The van der Waals surface area contributed by atoms with Gasteiger partial charge in [0.05, 0.1) is 16.3 Å². The van der Waals surface area contributed by atoms with Gasteiger partial charge in [-0.3, -0.25) is 4.79 Å². The van der Waals surface area contributed by atoms with E-state index in [1.807, 2.05) is 48.7 Å². The summed E-state index contributed by atoms with van der Waals surface area (Å²) in [7, 11) is 0. The zero-order chi connectivity index (χ0) is 22.6. The fourth-order valence-corrected chi connectivity index (χ4v) is 4.64. The van der Waals surface area contributed by atoms with Crippen LogP contribution in [-0.2, 0) is 19.6 Å². The molecule has 0 fully saturated rings. The highest BCUT2D eigenvalue weighted by Crippen LogP contribution is 2.26. The molecule has 168 valence electrons. The molecule has 0 saturated heterocycles. The summed E-state index contributed by atoms with van der Waals surface area (Å²) in [6, 6.07) is 15.0. The minimum atomic E-state index is -0.225. The van der Waals surface area contributed by atoms with Gasteiger partial charge in [-0.15, -0.1) is 21.5 Å². The van der Waals surface area contributed by atoms with Crippen molar-refractivity contribution in [3.63, 3.8) is 0 Å². The van der Waals surface area contributed by atoms with Gasteiger partial charge in [0.2, 0.25) is 0 Å². The number of rotatable bonds is 6. The third-order valence-electron chi connectivity index (χ3n) is 5.66. The Morgan fingerprint density at radius 3 is 2.91 bits per heavy atom. The van der Waals surface area contributed by atoms with E-state index in [4.69, 9.17) is 4.74 Å². The molecule has 7 nitrogen and oxygen atoms in total. The van der Waals surface area contributed by atoms with Crippen LogP contribution >= 0.6 is 11.3 Å². The number of carbonyl (C=O) groups is 1. The van der Waals surface area contributed by atoms with Crippen LogP contribution < -0.4 is 10.1 Å². The number of anilines is 1. The van der Waals surface area contributed by atoms with Gasteiger partial charge in [0.1, 0.15) is 18.2 Å². The van der Waals surface area contributed by atoms with E-state index in [0.717, 1.165) is 53.7 Å². The smallest absolute Gasteiger partial charge is 0.259 e. The van der Waals surface area contributed by atoms with E-state index in [9.17, 15) is 4.79 Å². The molecule has 1 amide bonds. The quantitative estimate of drug-likeness (QED) is 0.425. The summed E-state index contributed by atoms with van der Waals surface area (Å²) < 4.78 is 8.12. The molecule has 33 heavy (non-hydrogen) atoms. The molecule has 4 aromatic rings. The minimum Gasteiger partial charge on any atom is -0.486 e. The van der Waals surface area contributed by atoms with Crippen molar-refractivity contribution in [2.24, 2.45) is 0 Å². The summed E-state index contributed by atoms with van der Waals surface area (Å²) in [6.45, 7) is 3.21. The molecule has 0 aliphatic carbocycles. The van der Waals surface area contributed by atoms with Crippen LogP contribution in [0.25, 0.3) is 11.4 Å². The molecule has 5 rings (SSSR count). The average molecular weight is 460 g/mol. The molecule has 2 aromatic carbocycles. The van der Waals surface area contributed by atoms with E-state index in [2.05, 4.69) is 25.1 Å². The molecule has 0 bridgehead atoms. The standard InChI is InChI=1S/C25H25N5O2S/c1-17-26-20(16-33-17)15-32-22-11-5-4-10-21(22)25(31)27-19-9-7-8-18(14-19)24-29-28-23-12-3-2-6-13-30(23)24/h4-5,7-11,14,16H,2-3,6,12-13,15H2,1H3,(H,27,31). The molecular weight excluding hydrogens is 434 g/mol. The highest BCUT2D eigenvalue weighted by atomic mass is 32.1. The van der Waals surface area contributed by atoms with Crippen molar-refractivity contribution in [3.8, 4) is 17.1 Å². The predicted octanol–water partition coefficient (Wildman–Crippen LogP) is 5.27. The number of carbonyl (C=O) groups excluding carboxylic acids is 1. The van der Waals surface area contributed by atoms with Crippen LogP contribution in [0.1, 0.15) is 46.1 Å². The number of aryl methyl sites for hydroxylation is 2. The van der Waals surface area contributed by atoms with Gasteiger partial charge in [-0.05, 0) is 44.0 Å². The lowest BCUT2D eigenvalue weighted by atomic mass is 10.1. The molecule has 1 aliphatic heterocycles. The first kappa shape index (κ1) is 21.3. The predicted molar refractivity (Wildman–Crippen MR) is 129 cm³/mol. The van der Waals surface area contributed by atoms with Gasteiger partial charge in [-0.1, -0.05) is 30.7 Å². The molecule has 0 radical (unpaired) electrons. The Balaban J connectivity index is 1.34. The molecule has 8 heteroatoms. The van der Waals surface area contributed by atoms with Crippen LogP contribution in [0.5, 0.6) is 5.75 Å². The summed E-state index contributed by atoms with van der Waals surface area (Å²) in [5.41, 5.74) is 2.98. The van der Waals surface area contributed by atoms with Crippen molar-refractivity contribution in [2.45, 2.75) is 45.8 Å². The van der Waals surface area contributed by atoms with Crippen molar-refractivity contribution in [2.75, 3.05) is 5.32 Å². The van der Waals surface area contributed by atoms with Crippen molar-refractivity contribution in [1.29, 1.82) is 0 Å². The number of ether oxygens (including phenoxy) is 1. The Bertz CT molecular complexity index is 1280. The molecule has 2 aromatic heterocycles. The molecule has 1 N–H and O–H groups in total. The third-order valence-corrected chi connectivity index (χ3v) is 6.48.